The summed E-state index contributed by atoms with van der Waals surface area (Å²) in [5.74, 6) is -2.53. The van der Waals surface area contributed by atoms with E-state index < -0.39 is 48.5 Å². The average molecular weight is 827 g/mol. The number of ether oxygens (including phenoxy) is 2. The molecule has 0 bridgehead atoms. The number of fused-ring (bicyclic) bond motifs is 2. The van der Waals surface area contributed by atoms with Crippen molar-refractivity contribution in [3.63, 3.8) is 0 Å². The largest absolute Gasteiger partial charge is 0.443 e. The Morgan fingerprint density at radius 3 is 1.39 bits per heavy atom. The van der Waals surface area contributed by atoms with Gasteiger partial charge in [-0.2, -0.15) is 0 Å². The maximum absolute atomic E-state index is 13.3. The molecule has 0 radical (unpaired) electrons. The second kappa shape index (κ2) is 17.7. The predicted octanol–water partition coefficient (Wildman–Crippen LogP) is 3.16. The average Bonchev–Trinajstić information content (AvgIpc) is 3.97. The number of esters is 2. The number of amides is 6. The van der Waals surface area contributed by atoms with Gasteiger partial charge in [0.05, 0.1) is 11.4 Å². The number of urea groups is 2. The first-order valence-electron chi connectivity index (χ1n) is 19.2. The van der Waals surface area contributed by atoms with E-state index >= 15 is 0 Å². The molecule has 8 rings (SSSR count). The number of nitrogens with zero attached hydrogens (tertiary/aromatic N) is 2. The first kappa shape index (κ1) is 41.6. The van der Waals surface area contributed by atoms with Crippen LogP contribution in [0.15, 0.2) is 122 Å². The molecule has 4 heterocycles. The smallest absolute Gasteiger partial charge is 0.332 e. The van der Waals surface area contributed by atoms with Crippen LogP contribution in [0.25, 0.3) is 21.8 Å². The quantitative estimate of drug-likeness (QED) is 0.0404. The van der Waals surface area contributed by atoms with Gasteiger partial charge < -0.3 is 35.6 Å². The van der Waals surface area contributed by atoms with E-state index in [9.17, 15) is 28.8 Å². The van der Waals surface area contributed by atoms with Crippen LogP contribution in [-0.4, -0.2) is 75.8 Å². The molecule has 2 fully saturated rings. The number of imide groups is 2. The van der Waals surface area contributed by atoms with Gasteiger partial charge in [0.2, 0.25) is 0 Å². The van der Waals surface area contributed by atoms with Crippen LogP contribution in [0, 0.1) is 0 Å². The fourth-order valence-corrected chi connectivity index (χ4v) is 7.51. The van der Waals surface area contributed by atoms with E-state index in [1.807, 2.05) is 60.7 Å². The molecule has 17 heteroatoms. The number of aromatic nitrogens is 2. The molecule has 2 aromatic heterocycles. The van der Waals surface area contributed by atoms with Crippen molar-refractivity contribution < 1.29 is 43.7 Å². The SMILES string of the molecule is NC(Cc1c[nH]c2ccc(N3C(=O)NC(Cc4ccccc4)C3=O)cc12)OC(=O)/C=C\C(=O)OC(N)Cc1c[nH]c2ccc(N3C(=O)NC(Cc4ccccc4)C3=O)cc12.O. The predicted molar refractivity (Wildman–Crippen MR) is 225 cm³/mol. The molecule has 0 aliphatic carbocycles. The minimum absolute atomic E-state index is 0. The molecule has 2 aliphatic rings. The van der Waals surface area contributed by atoms with Crippen LogP contribution in [0.4, 0.5) is 21.0 Å². The third kappa shape index (κ3) is 9.03. The first-order chi connectivity index (χ1) is 29.0. The Labute approximate surface area is 347 Å². The van der Waals surface area contributed by atoms with Crippen molar-refractivity contribution in [2.75, 3.05) is 9.80 Å². The van der Waals surface area contributed by atoms with E-state index in [4.69, 9.17) is 20.9 Å². The van der Waals surface area contributed by atoms with E-state index in [1.165, 1.54) is 0 Å². The molecule has 312 valence electrons. The van der Waals surface area contributed by atoms with Gasteiger partial charge in [0, 0.05) is 72.0 Å². The Hall–Kier alpha value is -7.60. The Morgan fingerprint density at radius 1 is 0.607 bits per heavy atom. The number of nitrogens with two attached hydrogens (primary N) is 2. The number of benzene rings is 4. The summed E-state index contributed by atoms with van der Waals surface area (Å²) in [4.78, 5) is 86.0. The maximum atomic E-state index is 13.3. The summed E-state index contributed by atoms with van der Waals surface area (Å²) in [6.45, 7) is 0. The number of hydrogen-bond acceptors (Lipinski definition) is 10. The lowest BCUT2D eigenvalue weighted by molar-refractivity contribution is -0.145. The van der Waals surface area contributed by atoms with Crippen LogP contribution in [-0.2, 0) is 54.3 Å². The molecule has 10 N–H and O–H groups in total. The summed E-state index contributed by atoms with van der Waals surface area (Å²) in [5, 5.41) is 6.87. The minimum Gasteiger partial charge on any atom is -0.443 e. The van der Waals surface area contributed by atoms with Gasteiger partial charge in [-0.15, -0.1) is 0 Å². The van der Waals surface area contributed by atoms with Gasteiger partial charge in [-0.1, -0.05) is 60.7 Å². The first-order valence-corrected chi connectivity index (χ1v) is 19.2. The standard InChI is InChI=1S/C44H40N8O8.H2O/c45-37(19-27-23-47-33-13-11-29(21-31(27)33)51-41(55)35(49-43(51)57)17-25-7-3-1-4-8-25)59-39(53)15-16-40(54)60-38(46)20-28-24-48-34-14-12-30(22-32(28)34)52-42(56)36(50-44(52)58)18-26-9-5-2-6-10-26;/h1-16,21-24,35-38,47-48H,17-20,45-46H2,(H,49,57)(H,50,58);1H2/b16-15-;. The third-order valence-corrected chi connectivity index (χ3v) is 10.4. The van der Waals surface area contributed by atoms with Gasteiger partial charge in [0.1, 0.15) is 12.1 Å². The number of hydrogen-bond donors (Lipinski definition) is 6. The molecular weight excluding hydrogens is 785 g/mol. The highest BCUT2D eigenvalue weighted by molar-refractivity contribution is 6.22. The van der Waals surface area contributed by atoms with Gasteiger partial charge in [0.25, 0.3) is 11.8 Å². The van der Waals surface area contributed by atoms with Gasteiger partial charge in [-0.3, -0.25) is 21.1 Å². The van der Waals surface area contributed by atoms with E-state index in [-0.39, 0.29) is 30.1 Å². The Kier molecular flexibility index (Phi) is 12.1. The normalized spacial score (nSPS) is 17.4. The molecular formula is C44H42N8O9. The summed E-state index contributed by atoms with van der Waals surface area (Å²) < 4.78 is 10.6. The van der Waals surface area contributed by atoms with Crippen LogP contribution in [0.3, 0.4) is 0 Å². The van der Waals surface area contributed by atoms with E-state index in [0.717, 1.165) is 33.1 Å². The fraction of sp³-hybridized carbons (Fsp3) is 0.182. The molecule has 2 aliphatic heterocycles. The van der Waals surface area contributed by atoms with Gasteiger partial charge in [-0.05, 0) is 58.7 Å². The molecule has 0 saturated carbocycles. The van der Waals surface area contributed by atoms with E-state index in [1.54, 1.807) is 48.8 Å². The van der Waals surface area contributed by atoms with Crippen LogP contribution in [0.5, 0.6) is 0 Å². The summed E-state index contributed by atoms with van der Waals surface area (Å²) >= 11 is 0. The molecule has 4 aromatic carbocycles. The lowest BCUT2D eigenvalue weighted by atomic mass is 10.1. The Balaban J connectivity index is 0.00000561. The van der Waals surface area contributed by atoms with Crippen LogP contribution >= 0.6 is 0 Å². The number of carbonyl (C=O) groups is 6. The van der Waals surface area contributed by atoms with Crippen molar-refractivity contribution in [1.82, 2.24) is 20.6 Å². The minimum atomic E-state index is -1.11. The van der Waals surface area contributed by atoms with Crippen LogP contribution in [0.2, 0.25) is 0 Å². The third-order valence-electron chi connectivity index (χ3n) is 10.4. The lowest BCUT2D eigenvalue weighted by Crippen LogP contribution is -2.32. The molecule has 4 unspecified atom stereocenters. The topological polar surface area (TPSA) is 267 Å². The monoisotopic (exact) mass is 826 g/mol. The zero-order valence-electron chi connectivity index (χ0n) is 32.5. The Bertz CT molecular complexity index is 2480. The number of nitrogens with one attached hydrogen (secondary N) is 4. The van der Waals surface area contributed by atoms with Gasteiger partial charge in [0.15, 0.2) is 12.5 Å². The molecule has 0 spiro atoms. The number of aromatic amines is 2. The molecule has 4 atom stereocenters. The molecule has 6 amide bonds. The van der Waals surface area contributed by atoms with Crippen molar-refractivity contribution in [1.29, 1.82) is 0 Å². The molecule has 2 saturated heterocycles. The summed E-state index contributed by atoms with van der Waals surface area (Å²) in [6, 6.07) is 26.6. The zero-order chi connectivity index (χ0) is 41.9. The fourth-order valence-electron chi connectivity index (χ4n) is 7.51. The van der Waals surface area contributed by atoms with Crippen molar-refractivity contribution in [2.24, 2.45) is 11.5 Å². The highest BCUT2D eigenvalue weighted by atomic mass is 16.6. The number of anilines is 2. The van der Waals surface area contributed by atoms with Gasteiger partial charge in [-0.25, -0.2) is 29.0 Å². The molecule has 61 heavy (non-hydrogen) atoms. The number of H-pyrrole nitrogens is 2. The summed E-state index contributed by atoms with van der Waals surface area (Å²) in [7, 11) is 0. The number of carbonyl (C=O) groups excluding carboxylic acids is 6. The Morgan fingerprint density at radius 2 is 1.00 bits per heavy atom. The van der Waals surface area contributed by atoms with Crippen molar-refractivity contribution in [3.8, 4) is 0 Å². The second-order valence-corrected chi connectivity index (χ2v) is 14.5. The number of rotatable bonds is 14. The second-order valence-electron chi connectivity index (χ2n) is 14.5. The van der Waals surface area contributed by atoms with Crippen molar-refractivity contribution >= 4 is 69.0 Å². The van der Waals surface area contributed by atoms with Crippen LogP contribution < -0.4 is 31.9 Å². The summed E-state index contributed by atoms with van der Waals surface area (Å²) in [5.41, 5.74) is 17.7. The van der Waals surface area contributed by atoms with Crippen molar-refractivity contribution in [3.05, 3.63) is 144 Å². The van der Waals surface area contributed by atoms with E-state index in [0.29, 0.717) is 57.1 Å². The maximum Gasteiger partial charge on any atom is 0.332 e. The van der Waals surface area contributed by atoms with Crippen LogP contribution in [0.1, 0.15) is 22.3 Å². The lowest BCUT2D eigenvalue weighted by Gasteiger charge is -2.15. The molecule has 17 nitrogen and oxygen atoms in total. The molecule has 6 aromatic rings. The zero-order valence-corrected chi connectivity index (χ0v) is 32.5. The summed E-state index contributed by atoms with van der Waals surface area (Å²) in [6.07, 6.45) is 3.79. The highest BCUT2D eigenvalue weighted by Gasteiger charge is 2.40. The van der Waals surface area contributed by atoms with Crippen molar-refractivity contribution in [2.45, 2.75) is 50.2 Å². The van der Waals surface area contributed by atoms with Gasteiger partial charge >= 0.3 is 24.0 Å². The highest BCUT2D eigenvalue weighted by Crippen LogP contribution is 2.30. The van der Waals surface area contributed by atoms with E-state index in [2.05, 4.69) is 20.6 Å².